The van der Waals surface area contributed by atoms with Crippen molar-refractivity contribution in [1.29, 1.82) is 5.26 Å². The molecule has 0 atom stereocenters. The van der Waals surface area contributed by atoms with Crippen LogP contribution in [0.2, 0.25) is 0 Å². The van der Waals surface area contributed by atoms with Crippen LogP contribution in [-0.2, 0) is 0 Å². The van der Waals surface area contributed by atoms with Crippen LogP contribution in [0.4, 0.5) is 5.69 Å². The summed E-state index contributed by atoms with van der Waals surface area (Å²) in [5, 5.41) is 18.9. The molecule has 0 saturated heterocycles. The van der Waals surface area contributed by atoms with Gasteiger partial charge >= 0.3 is 0 Å². The van der Waals surface area contributed by atoms with Gasteiger partial charge in [0.15, 0.2) is 11.5 Å². The molecule has 5 heteroatoms. The van der Waals surface area contributed by atoms with Crippen molar-refractivity contribution < 1.29 is 9.84 Å². The van der Waals surface area contributed by atoms with Crippen molar-refractivity contribution in [3.05, 3.63) is 42.0 Å². The van der Waals surface area contributed by atoms with E-state index in [2.05, 4.69) is 11.1 Å². The van der Waals surface area contributed by atoms with Crippen molar-refractivity contribution in [3.63, 3.8) is 0 Å². The van der Waals surface area contributed by atoms with E-state index in [1.165, 1.54) is 7.11 Å². The lowest BCUT2D eigenvalue weighted by Gasteiger charge is -2.08. The van der Waals surface area contributed by atoms with E-state index in [4.69, 9.17) is 4.74 Å². The van der Waals surface area contributed by atoms with Crippen molar-refractivity contribution in [1.82, 2.24) is 4.90 Å². The first kappa shape index (κ1) is 15.4. The summed E-state index contributed by atoms with van der Waals surface area (Å²) in [5.74, 6) is 0.477. The van der Waals surface area contributed by atoms with E-state index in [1.807, 2.05) is 20.2 Å². The van der Waals surface area contributed by atoms with Crippen LogP contribution in [0.15, 0.2) is 41.4 Å². The van der Waals surface area contributed by atoms with E-state index in [0.717, 1.165) is 11.1 Å². The number of methoxy groups -OCH3 is 1. The van der Waals surface area contributed by atoms with Crippen LogP contribution in [0.3, 0.4) is 0 Å². The van der Waals surface area contributed by atoms with Crippen LogP contribution in [-0.4, -0.2) is 37.6 Å². The number of rotatable bonds is 4. The van der Waals surface area contributed by atoms with Crippen molar-refractivity contribution in [2.45, 2.75) is 0 Å². The molecule has 0 bridgehead atoms. The zero-order valence-corrected chi connectivity index (χ0v) is 12.7. The zero-order valence-electron chi connectivity index (χ0n) is 12.7. The Morgan fingerprint density at radius 3 is 2.50 bits per heavy atom. The van der Waals surface area contributed by atoms with Gasteiger partial charge in [0.25, 0.3) is 0 Å². The second-order valence-electron chi connectivity index (χ2n) is 4.94. The molecule has 0 heterocycles. The van der Waals surface area contributed by atoms with Crippen molar-refractivity contribution in [2.24, 2.45) is 4.99 Å². The molecule has 0 radical (unpaired) electrons. The van der Waals surface area contributed by atoms with Crippen LogP contribution in [0.1, 0.15) is 5.56 Å². The Labute approximate surface area is 129 Å². The zero-order chi connectivity index (χ0) is 16.1. The highest BCUT2D eigenvalue weighted by Crippen LogP contribution is 2.33. The minimum Gasteiger partial charge on any atom is -0.504 e. The molecular formula is C17H17N3O2. The fourth-order valence-corrected chi connectivity index (χ4v) is 1.95. The molecule has 0 aliphatic carbocycles. The normalized spacial score (nSPS) is 10.5. The van der Waals surface area contributed by atoms with Crippen LogP contribution in [0.25, 0.3) is 11.1 Å². The lowest BCUT2D eigenvalue weighted by Crippen LogP contribution is -2.07. The summed E-state index contributed by atoms with van der Waals surface area (Å²) in [7, 11) is 5.23. The van der Waals surface area contributed by atoms with E-state index in [-0.39, 0.29) is 5.75 Å². The van der Waals surface area contributed by atoms with Crippen molar-refractivity contribution in [2.75, 3.05) is 21.2 Å². The number of aliphatic imine (C=N–C) groups is 1. The lowest BCUT2D eigenvalue weighted by atomic mass is 10.0. The maximum Gasteiger partial charge on any atom is 0.161 e. The third-order valence-corrected chi connectivity index (χ3v) is 3.06. The van der Waals surface area contributed by atoms with Gasteiger partial charge in [-0.3, -0.25) is 0 Å². The van der Waals surface area contributed by atoms with Gasteiger partial charge in [-0.25, -0.2) is 4.99 Å². The quantitative estimate of drug-likeness (QED) is 0.695. The summed E-state index contributed by atoms with van der Waals surface area (Å²) in [6.45, 7) is 0. The smallest absolute Gasteiger partial charge is 0.161 e. The fourth-order valence-electron chi connectivity index (χ4n) is 1.95. The molecule has 0 amide bonds. The third kappa shape index (κ3) is 3.36. The van der Waals surface area contributed by atoms with Crippen molar-refractivity contribution in [3.8, 4) is 28.7 Å². The molecular weight excluding hydrogens is 278 g/mol. The molecule has 2 aromatic carbocycles. The van der Waals surface area contributed by atoms with E-state index in [1.54, 1.807) is 41.6 Å². The Hall–Kier alpha value is -3.00. The number of ether oxygens (including phenoxy) is 1. The molecule has 0 fully saturated rings. The minimum atomic E-state index is 0.0824. The molecule has 0 aromatic heterocycles. The number of phenols is 1. The van der Waals surface area contributed by atoms with Crippen LogP contribution < -0.4 is 4.74 Å². The first-order chi connectivity index (χ1) is 10.5. The summed E-state index contributed by atoms with van der Waals surface area (Å²) >= 11 is 0. The Balaban J connectivity index is 2.44. The predicted molar refractivity (Wildman–Crippen MR) is 86.6 cm³/mol. The molecule has 0 aliphatic rings. The van der Waals surface area contributed by atoms with E-state index < -0.39 is 0 Å². The average molecular weight is 295 g/mol. The number of hydrogen-bond donors (Lipinski definition) is 1. The van der Waals surface area contributed by atoms with Gasteiger partial charge in [0.05, 0.1) is 24.7 Å². The molecule has 0 spiro atoms. The summed E-state index contributed by atoms with van der Waals surface area (Å²) < 4.78 is 5.11. The Morgan fingerprint density at radius 2 is 1.86 bits per heavy atom. The van der Waals surface area contributed by atoms with E-state index in [9.17, 15) is 10.4 Å². The summed E-state index contributed by atoms with van der Waals surface area (Å²) in [6, 6.07) is 12.7. The van der Waals surface area contributed by atoms with E-state index >= 15 is 0 Å². The standard InChI is InChI=1S/C17H17N3O2/c1-20(2)11-19-15-6-4-12(8-14(15)10-18)13-5-7-16(21)17(9-13)22-3/h4-9,11,21H,1-3H3/b19-11-. The second kappa shape index (κ2) is 6.64. The molecule has 0 saturated carbocycles. The van der Waals surface area contributed by atoms with Crippen molar-refractivity contribution >= 4 is 12.0 Å². The lowest BCUT2D eigenvalue weighted by molar-refractivity contribution is 0.373. The van der Waals surface area contributed by atoms with Gasteiger partial charge in [0, 0.05) is 14.1 Å². The average Bonchev–Trinajstić information content (AvgIpc) is 2.53. The van der Waals surface area contributed by atoms with Gasteiger partial charge in [0.1, 0.15) is 6.07 Å². The fraction of sp³-hybridized carbons (Fsp3) is 0.176. The summed E-state index contributed by atoms with van der Waals surface area (Å²) in [4.78, 5) is 6.08. The SMILES string of the molecule is COc1cc(-c2ccc(/N=C\N(C)C)c(C#N)c2)ccc1O. The monoisotopic (exact) mass is 295 g/mol. The number of benzene rings is 2. The predicted octanol–water partition coefficient (Wildman–Crippen LogP) is 3.16. The highest BCUT2D eigenvalue weighted by molar-refractivity contribution is 5.73. The molecule has 2 aromatic rings. The molecule has 112 valence electrons. The van der Waals surface area contributed by atoms with Gasteiger partial charge in [-0.05, 0) is 35.4 Å². The van der Waals surface area contributed by atoms with Gasteiger partial charge in [-0.15, -0.1) is 0 Å². The molecule has 0 unspecified atom stereocenters. The first-order valence-corrected chi connectivity index (χ1v) is 6.67. The van der Waals surface area contributed by atoms with Crippen LogP contribution in [0.5, 0.6) is 11.5 Å². The molecule has 22 heavy (non-hydrogen) atoms. The summed E-state index contributed by atoms with van der Waals surface area (Å²) in [5.41, 5.74) is 2.82. The first-order valence-electron chi connectivity index (χ1n) is 6.67. The molecule has 5 nitrogen and oxygen atoms in total. The highest BCUT2D eigenvalue weighted by Gasteiger charge is 2.07. The van der Waals surface area contributed by atoms with Gasteiger partial charge in [-0.2, -0.15) is 5.26 Å². The maximum absolute atomic E-state index is 9.65. The maximum atomic E-state index is 9.65. The molecule has 0 aliphatic heterocycles. The second-order valence-corrected chi connectivity index (χ2v) is 4.94. The van der Waals surface area contributed by atoms with Gasteiger partial charge in [0.2, 0.25) is 0 Å². The molecule has 1 N–H and O–H groups in total. The number of phenolic OH excluding ortho intramolecular Hbond substituents is 1. The number of aromatic hydroxyl groups is 1. The van der Waals surface area contributed by atoms with Gasteiger partial charge < -0.3 is 14.7 Å². The third-order valence-electron chi connectivity index (χ3n) is 3.06. The van der Waals surface area contributed by atoms with Crippen LogP contribution in [0, 0.1) is 11.3 Å². The molecule has 2 rings (SSSR count). The van der Waals surface area contributed by atoms with Crippen LogP contribution >= 0.6 is 0 Å². The van der Waals surface area contributed by atoms with E-state index in [0.29, 0.717) is 17.0 Å². The Morgan fingerprint density at radius 1 is 1.18 bits per heavy atom. The number of nitriles is 1. The minimum absolute atomic E-state index is 0.0824. The Kier molecular flexibility index (Phi) is 4.64. The topological polar surface area (TPSA) is 68.8 Å². The summed E-state index contributed by atoms with van der Waals surface area (Å²) in [6.07, 6.45) is 1.65. The number of hydrogen-bond acceptors (Lipinski definition) is 4. The Bertz CT molecular complexity index is 746. The number of nitrogens with zero attached hydrogens (tertiary/aromatic N) is 3. The van der Waals surface area contributed by atoms with Gasteiger partial charge in [-0.1, -0.05) is 12.1 Å². The largest absolute Gasteiger partial charge is 0.504 e. The highest BCUT2D eigenvalue weighted by atomic mass is 16.5.